The fourth-order valence-corrected chi connectivity index (χ4v) is 1.21. The topological polar surface area (TPSA) is 63.6 Å². The van der Waals surface area contributed by atoms with Crippen LogP contribution in [0.5, 0.6) is 0 Å². The molecule has 0 spiro atoms. The zero-order valence-corrected chi connectivity index (χ0v) is 9.28. The normalized spacial score (nSPS) is 12.1. The molecule has 0 heterocycles. The van der Waals surface area contributed by atoms with Gasteiger partial charge in [-0.1, -0.05) is 32.6 Å². The zero-order valence-electron chi connectivity index (χ0n) is 9.28. The van der Waals surface area contributed by atoms with E-state index in [1.807, 2.05) is 0 Å². The molecule has 0 aromatic carbocycles. The van der Waals surface area contributed by atoms with Crippen LogP contribution in [0, 0.1) is 0 Å². The highest BCUT2D eigenvalue weighted by molar-refractivity contribution is 5.83. The van der Waals surface area contributed by atoms with E-state index in [4.69, 9.17) is 0 Å². The molecule has 0 aliphatic rings. The van der Waals surface area contributed by atoms with Gasteiger partial charge in [-0.3, -0.25) is 4.79 Å². The van der Waals surface area contributed by atoms with Crippen molar-refractivity contribution in [3.05, 3.63) is 0 Å². The third-order valence-electron chi connectivity index (χ3n) is 2.08. The van der Waals surface area contributed by atoms with Crippen LogP contribution >= 0.6 is 0 Å². The number of esters is 1. The highest BCUT2D eigenvalue weighted by Crippen LogP contribution is 2.05. The predicted molar refractivity (Wildman–Crippen MR) is 56.4 cm³/mol. The number of unbranched alkanes of at least 4 members (excludes halogenated alkanes) is 3. The Morgan fingerprint density at radius 1 is 1.40 bits per heavy atom. The molecule has 4 heteroatoms. The van der Waals surface area contributed by atoms with Crippen molar-refractivity contribution >= 4 is 12.3 Å². The van der Waals surface area contributed by atoms with Gasteiger partial charge in [-0.2, -0.15) is 0 Å². The molecule has 0 fully saturated rings. The van der Waals surface area contributed by atoms with Crippen LogP contribution in [0.4, 0.5) is 0 Å². The monoisotopic (exact) mass is 216 g/mol. The first kappa shape index (κ1) is 14.1. The maximum atomic E-state index is 10.8. The van der Waals surface area contributed by atoms with E-state index in [2.05, 4.69) is 11.7 Å². The number of carbonyl (C=O) groups excluding carboxylic acids is 2. The predicted octanol–water partition coefficient (Wildman–Crippen LogP) is 1.45. The molecule has 0 aliphatic heterocycles. The Labute approximate surface area is 90.6 Å². The van der Waals surface area contributed by atoms with Gasteiger partial charge in [0.25, 0.3) is 0 Å². The standard InChI is InChI=1S/C11H20O4/c1-2-3-4-5-6-10(13)9-15-11(14)7-8-12/h8,10,13H,2-7,9H2,1H3. The van der Waals surface area contributed by atoms with Crippen LogP contribution in [0.3, 0.4) is 0 Å². The van der Waals surface area contributed by atoms with Crippen LogP contribution in [0.1, 0.15) is 45.4 Å². The number of ether oxygens (including phenoxy) is 1. The van der Waals surface area contributed by atoms with Gasteiger partial charge in [-0.15, -0.1) is 0 Å². The van der Waals surface area contributed by atoms with E-state index in [9.17, 15) is 14.7 Å². The van der Waals surface area contributed by atoms with Gasteiger partial charge in [0.05, 0.1) is 6.10 Å². The summed E-state index contributed by atoms with van der Waals surface area (Å²) in [7, 11) is 0. The average molecular weight is 216 g/mol. The summed E-state index contributed by atoms with van der Waals surface area (Å²) in [4.78, 5) is 20.7. The van der Waals surface area contributed by atoms with Crippen LogP contribution in [-0.4, -0.2) is 30.1 Å². The molecule has 4 nitrogen and oxygen atoms in total. The Kier molecular flexibility index (Phi) is 9.07. The summed E-state index contributed by atoms with van der Waals surface area (Å²) < 4.78 is 4.68. The molecule has 1 N–H and O–H groups in total. The maximum Gasteiger partial charge on any atom is 0.313 e. The first-order valence-corrected chi connectivity index (χ1v) is 5.48. The summed E-state index contributed by atoms with van der Waals surface area (Å²) in [6.07, 6.45) is 4.67. The lowest BCUT2D eigenvalue weighted by molar-refractivity contribution is -0.147. The van der Waals surface area contributed by atoms with Crippen LogP contribution in [0.15, 0.2) is 0 Å². The van der Waals surface area contributed by atoms with E-state index in [1.54, 1.807) is 0 Å². The molecule has 0 rings (SSSR count). The van der Waals surface area contributed by atoms with E-state index in [-0.39, 0.29) is 13.0 Å². The average Bonchev–Trinajstić information content (AvgIpc) is 2.22. The van der Waals surface area contributed by atoms with Crippen molar-refractivity contribution in [1.29, 1.82) is 0 Å². The number of hydrogen-bond donors (Lipinski definition) is 1. The fourth-order valence-electron chi connectivity index (χ4n) is 1.21. The quantitative estimate of drug-likeness (QED) is 0.274. The summed E-state index contributed by atoms with van der Waals surface area (Å²) in [6, 6.07) is 0. The molecular formula is C11H20O4. The lowest BCUT2D eigenvalue weighted by Crippen LogP contribution is -2.18. The maximum absolute atomic E-state index is 10.8. The molecule has 88 valence electrons. The number of aliphatic hydroxyl groups excluding tert-OH is 1. The minimum Gasteiger partial charge on any atom is -0.463 e. The second-order valence-electron chi connectivity index (χ2n) is 3.56. The van der Waals surface area contributed by atoms with Crippen molar-refractivity contribution in [3.8, 4) is 0 Å². The molecule has 0 saturated carbocycles. The van der Waals surface area contributed by atoms with Gasteiger partial charge in [0.1, 0.15) is 19.3 Å². The molecule has 1 unspecified atom stereocenters. The first-order valence-electron chi connectivity index (χ1n) is 5.48. The largest absolute Gasteiger partial charge is 0.463 e. The third-order valence-corrected chi connectivity index (χ3v) is 2.08. The van der Waals surface area contributed by atoms with E-state index in [1.165, 1.54) is 0 Å². The van der Waals surface area contributed by atoms with Gasteiger partial charge in [-0.05, 0) is 6.42 Å². The number of hydrogen-bond acceptors (Lipinski definition) is 4. The van der Waals surface area contributed by atoms with Crippen LogP contribution in [0.25, 0.3) is 0 Å². The lowest BCUT2D eigenvalue weighted by atomic mass is 10.1. The second kappa shape index (κ2) is 9.65. The summed E-state index contributed by atoms with van der Waals surface area (Å²) in [5.41, 5.74) is 0. The molecule has 15 heavy (non-hydrogen) atoms. The van der Waals surface area contributed by atoms with Gasteiger partial charge in [0, 0.05) is 0 Å². The third kappa shape index (κ3) is 9.41. The van der Waals surface area contributed by atoms with Crippen molar-refractivity contribution in [1.82, 2.24) is 0 Å². The number of carbonyl (C=O) groups is 2. The number of aldehydes is 1. The van der Waals surface area contributed by atoms with Crippen molar-refractivity contribution < 1.29 is 19.4 Å². The molecule has 0 amide bonds. The van der Waals surface area contributed by atoms with E-state index in [0.29, 0.717) is 12.7 Å². The van der Waals surface area contributed by atoms with Crippen molar-refractivity contribution in [2.75, 3.05) is 6.61 Å². The van der Waals surface area contributed by atoms with Gasteiger partial charge in [0.2, 0.25) is 0 Å². The second-order valence-corrected chi connectivity index (χ2v) is 3.56. The van der Waals surface area contributed by atoms with E-state index in [0.717, 1.165) is 25.7 Å². The number of aliphatic hydroxyl groups is 1. The lowest BCUT2D eigenvalue weighted by Gasteiger charge is -2.10. The SMILES string of the molecule is CCCCCCC(O)COC(=O)CC=O. The van der Waals surface area contributed by atoms with Crippen LogP contribution < -0.4 is 0 Å². The van der Waals surface area contributed by atoms with E-state index < -0.39 is 12.1 Å². The number of rotatable bonds is 9. The first-order chi connectivity index (χ1) is 7.20. The molecule has 0 aromatic heterocycles. The minimum atomic E-state index is -0.600. The summed E-state index contributed by atoms with van der Waals surface area (Å²) in [5, 5.41) is 9.40. The van der Waals surface area contributed by atoms with Crippen molar-refractivity contribution in [2.45, 2.75) is 51.6 Å². The molecule has 0 radical (unpaired) electrons. The summed E-state index contributed by atoms with van der Waals surface area (Å²) in [5.74, 6) is -0.572. The Hall–Kier alpha value is -0.900. The highest BCUT2D eigenvalue weighted by atomic mass is 16.5. The molecule has 0 aromatic rings. The summed E-state index contributed by atoms with van der Waals surface area (Å²) in [6.45, 7) is 2.12. The Morgan fingerprint density at radius 3 is 2.73 bits per heavy atom. The van der Waals surface area contributed by atoms with Crippen LogP contribution in [0.2, 0.25) is 0 Å². The van der Waals surface area contributed by atoms with Gasteiger partial charge in [-0.25, -0.2) is 0 Å². The Balaban J connectivity index is 3.36. The van der Waals surface area contributed by atoms with E-state index >= 15 is 0 Å². The van der Waals surface area contributed by atoms with Crippen LogP contribution in [-0.2, 0) is 14.3 Å². The molecule has 1 atom stereocenters. The molecular weight excluding hydrogens is 196 g/mol. The smallest absolute Gasteiger partial charge is 0.313 e. The fraction of sp³-hybridized carbons (Fsp3) is 0.818. The van der Waals surface area contributed by atoms with Crippen molar-refractivity contribution in [3.63, 3.8) is 0 Å². The zero-order chi connectivity index (χ0) is 11.5. The van der Waals surface area contributed by atoms with Crippen molar-refractivity contribution in [2.24, 2.45) is 0 Å². The molecule has 0 saturated heterocycles. The van der Waals surface area contributed by atoms with Gasteiger partial charge < -0.3 is 14.6 Å². The minimum absolute atomic E-state index is 0.00119. The molecule has 0 bridgehead atoms. The highest BCUT2D eigenvalue weighted by Gasteiger charge is 2.07. The van der Waals surface area contributed by atoms with Gasteiger partial charge in [0.15, 0.2) is 0 Å². The van der Waals surface area contributed by atoms with Gasteiger partial charge >= 0.3 is 5.97 Å². The Morgan fingerprint density at radius 2 is 2.13 bits per heavy atom. The molecule has 0 aliphatic carbocycles. The summed E-state index contributed by atoms with van der Waals surface area (Å²) >= 11 is 0. The Bertz CT molecular complexity index is 179.